The molecule has 1 atom stereocenters. The van der Waals surface area contributed by atoms with Gasteiger partial charge in [0.25, 0.3) is 0 Å². The fourth-order valence-electron chi connectivity index (χ4n) is 3.36. The molecule has 3 nitrogen and oxygen atoms in total. The number of nitrogens with one attached hydrogen (secondary N) is 2. The first kappa shape index (κ1) is 16.6. The van der Waals surface area contributed by atoms with E-state index in [0.29, 0.717) is 0 Å². The number of hydrogen-bond acceptors (Lipinski definition) is 1. The van der Waals surface area contributed by atoms with Gasteiger partial charge in [0.05, 0.1) is 6.04 Å². The van der Waals surface area contributed by atoms with Crippen molar-refractivity contribution >= 4 is 11.7 Å². The van der Waals surface area contributed by atoms with Crippen molar-refractivity contribution in [3.05, 3.63) is 64.7 Å². The highest BCUT2D eigenvalue weighted by Gasteiger charge is 2.13. The zero-order valence-electron chi connectivity index (χ0n) is 14.6. The van der Waals surface area contributed by atoms with Gasteiger partial charge in [0.2, 0.25) is 0 Å². The second-order valence-corrected chi connectivity index (χ2v) is 6.65. The highest BCUT2D eigenvalue weighted by molar-refractivity contribution is 5.89. The number of amides is 2. The molecular formula is C21H26N2O. The molecule has 0 fully saturated rings. The Bertz CT molecular complexity index is 706. The normalized spacial score (nSPS) is 14.1. The van der Waals surface area contributed by atoms with Crippen LogP contribution in [-0.2, 0) is 19.3 Å². The number of fused-ring (bicyclic) bond motifs is 1. The second-order valence-electron chi connectivity index (χ2n) is 6.65. The van der Waals surface area contributed by atoms with E-state index in [1.807, 2.05) is 13.0 Å². The van der Waals surface area contributed by atoms with Gasteiger partial charge in [-0.05, 0) is 67.0 Å². The van der Waals surface area contributed by atoms with E-state index in [0.717, 1.165) is 36.9 Å². The van der Waals surface area contributed by atoms with Gasteiger partial charge in [-0.25, -0.2) is 4.79 Å². The fraction of sp³-hybridized carbons (Fsp3) is 0.381. The van der Waals surface area contributed by atoms with Gasteiger partial charge in [0.1, 0.15) is 0 Å². The number of benzene rings is 2. The van der Waals surface area contributed by atoms with Gasteiger partial charge in [0, 0.05) is 5.69 Å². The number of anilines is 1. The van der Waals surface area contributed by atoms with Crippen molar-refractivity contribution in [3.63, 3.8) is 0 Å². The molecule has 0 aliphatic heterocycles. The van der Waals surface area contributed by atoms with Crippen LogP contribution in [-0.4, -0.2) is 6.03 Å². The summed E-state index contributed by atoms with van der Waals surface area (Å²) in [6.45, 7) is 4.19. The van der Waals surface area contributed by atoms with E-state index in [9.17, 15) is 4.79 Å². The van der Waals surface area contributed by atoms with E-state index in [-0.39, 0.29) is 12.1 Å². The molecule has 0 saturated heterocycles. The molecule has 0 heterocycles. The Labute approximate surface area is 144 Å². The third-order valence-corrected chi connectivity index (χ3v) is 4.72. The quantitative estimate of drug-likeness (QED) is 0.798. The van der Waals surface area contributed by atoms with Crippen molar-refractivity contribution in [3.8, 4) is 0 Å². The van der Waals surface area contributed by atoms with Gasteiger partial charge in [-0.15, -0.1) is 0 Å². The van der Waals surface area contributed by atoms with Crippen LogP contribution in [0.25, 0.3) is 0 Å². The first-order chi connectivity index (χ1) is 11.7. The molecule has 0 saturated carbocycles. The van der Waals surface area contributed by atoms with E-state index < -0.39 is 0 Å². The van der Waals surface area contributed by atoms with E-state index in [1.54, 1.807) is 0 Å². The zero-order valence-corrected chi connectivity index (χ0v) is 14.6. The smallest absolute Gasteiger partial charge is 0.319 e. The van der Waals surface area contributed by atoms with Crippen LogP contribution in [0.2, 0.25) is 0 Å². The Morgan fingerprint density at radius 1 is 1.08 bits per heavy atom. The molecule has 0 spiro atoms. The van der Waals surface area contributed by atoms with Gasteiger partial charge in [-0.1, -0.05) is 43.7 Å². The lowest BCUT2D eigenvalue weighted by atomic mass is 10.0. The van der Waals surface area contributed by atoms with E-state index in [4.69, 9.17) is 0 Å². The van der Waals surface area contributed by atoms with Crippen LogP contribution in [0.5, 0.6) is 0 Å². The van der Waals surface area contributed by atoms with Gasteiger partial charge >= 0.3 is 6.03 Å². The minimum atomic E-state index is -0.155. The Morgan fingerprint density at radius 3 is 2.58 bits per heavy atom. The summed E-state index contributed by atoms with van der Waals surface area (Å²) in [5.74, 6) is 0. The Hall–Kier alpha value is -2.29. The lowest BCUT2D eigenvalue weighted by Crippen LogP contribution is -2.31. The van der Waals surface area contributed by atoms with Crippen LogP contribution in [0, 0.1) is 0 Å². The lowest BCUT2D eigenvalue weighted by molar-refractivity contribution is 0.249. The SMILES string of the molecule is CCCc1ccc([C@@H](C)NC(=O)Nc2ccc3c(c2)CCC3)cc1. The number of carbonyl (C=O) groups is 1. The molecule has 2 amide bonds. The molecule has 126 valence electrons. The molecule has 2 aromatic rings. The molecule has 3 heteroatoms. The predicted octanol–water partition coefficient (Wildman–Crippen LogP) is 5.01. The molecule has 3 rings (SSSR count). The van der Waals surface area contributed by atoms with Gasteiger partial charge < -0.3 is 10.6 Å². The summed E-state index contributed by atoms with van der Waals surface area (Å²) in [5, 5.41) is 5.97. The second kappa shape index (κ2) is 7.52. The minimum absolute atomic E-state index is 0.0184. The molecule has 24 heavy (non-hydrogen) atoms. The topological polar surface area (TPSA) is 41.1 Å². The predicted molar refractivity (Wildman–Crippen MR) is 99.5 cm³/mol. The maximum Gasteiger partial charge on any atom is 0.319 e. The maximum atomic E-state index is 12.2. The summed E-state index contributed by atoms with van der Waals surface area (Å²) in [4.78, 5) is 12.2. The third-order valence-electron chi connectivity index (χ3n) is 4.72. The molecule has 1 aliphatic rings. The van der Waals surface area contributed by atoms with Crippen molar-refractivity contribution < 1.29 is 4.79 Å². The monoisotopic (exact) mass is 322 g/mol. The Kier molecular flexibility index (Phi) is 5.19. The summed E-state index contributed by atoms with van der Waals surface area (Å²) in [6.07, 6.45) is 5.74. The van der Waals surface area contributed by atoms with Crippen LogP contribution >= 0.6 is 0 Å². The number of aryl methyl sites for hydroxylation is 3. The van der Waals surface area contributed by atoms with Crippen LogP contribution in [0.4, 0.5) is 10.5 Å². The number of rotatable bonds is 5. The Morgan fingerprint density at radius 2 is 1.83 bits per heavy atom. The fourth-order valence-corrected chi connectivity index (χ4v) is 3.36. The Balaban J connectivity index is 1.57. The summed E-state index contributed by atoms with van der Waals surface area (Å²) >= 11 is 0. The van der Waals surface area contributed by atoms with Crippen LogP contribution < -0.4 is 10.6 Å². The highest BCUT2D eigenvalue weighted by Crippen LogP contribution is 2.25. The summed E-state index contributed by atoms with van der Waals surface area (Å²) in [5.41, 5.74) is 6.13. The molecule has 2 aromatic carbocycles. The molecular weight excluding hydrogens is 296 g/mol. The zero-order chi connectivity index (χ0) is 16.9. The van der Waals surface area contributed by atoms with Crippen LogP contribution in [0.15, 0.2) is 42.5 Å². The first-order valence-corrected chi connectivity index (χ1v) is 8.94. The van der Waals surface area contributed by atoms with Crippen molar-refractivity contribution in [1.29, 1.82) is 0 Å². The summed E-state index contributed by atoms with van der Waals surface area (Å²) in [7, 11) is 0. The van der Waals surface area contributed by atoms with E-state index in [2.05, 4.69) is 54.0 Å². The number of carbonyl (C=O) groups excluding carboxylic acids is 1. The van der Waals surface area contributed by atoms with Crippen molar-refractivity contribution in [2.24, 2.45) is 0 Å². The van der Waals surface area contributed by atoms with Gasteiger partial charge in [-0.3, -0.25) is 0 Å². The molecule has 0 aromatic heterocycles. The van der Waals surface area contributed by atoms with Crippen molar-refractivity contribution in [2.45, 2.75) is 52.0 Å². The lowest BCUT2D eigenvalue weighted by Gasteiger charge is -2.16. The van der Waals surface area contributed by atoms with Crippen LogP contribution in [0.1, 0.15) is 55.0 Å². The number of urea groups is 1. The first-order valence-electron chi connectivity index (χ1n) is 8.94. The average molecular weight is 322 g/mol. The summed E-state index contributed by atoms with van der Waals surface area (Å²) < 4.78 is 0. The van der Waals surface area contributed by atoms with Crippen LogP contribution in [0.3, 0.4) is 0 Å². The molecule has 1 aliphatic carbocycles. The third kappa shape index (κ3) is 3.97. The van der Waals surface area contributed by atoms with Gasteiger partial charge in [-0.2, -0.15) is 0 Å². The minimum Gasteiger partial charge on any atom is -0.331 e. The standard InChI is InChI=1S/C21H26N2O/c1-3-5-16-8-10-17(11-9-16)15(2)22-21(24)23-20-13-12-18-6-4-7-19(18)14-20/h8-15H,3-7H2,1-2H3,(H2,22,23,24)/t15-/m1/s1. The summed E-state index contributed by atoms with van der Waals surface area (Å²) in [6, 6.07) is 14.6. The van der Waals surface area contributed by atoms with Crippen molar-refractivity contribution in [1.82, 2.24) is 5.32 Å². The van der Waals surface area contributed by atoms with Crippen molar-refractivity contribution in [2.75, 3.05) is 5.32 Å². The van der Waals surface area contributed by atoms with Gasteiger partial charge in [0.15, 0.2) is 0 Å². The molecule has 0 bridgehead atoms. The molecule has 0 unspecified atom stereocenters. The molecule has 2 N–H and O–H groups in total. The maximum absolute atomic E-state index is 12.2. The average Bonchev–Trinajstić information content (AvgIpc) is 3.03. The highest BCUT2D eigenvalue weighted by atomic mass is 16.2. The number of hydrogen-bond donors (Lipinski definition) is 2. The van der Waals surface area contributed by atoms with E-state index in [1.165, 1.54) is 23.1 Å². The largest absolute Gasteiger partial charge is 0.331 e. The van der Waals surface area contributed by atoms with E-state index >= 15 is 0 Å². The molecule has 0 radical (unpaired) electrons.